The van der Waals surface area contributed by atoms with Gasteiger partial charge in [0.15, 0.2) is 11.5 Å². The van der Waals surface area contributed by atoms with Gasteiger partial charge < -0.3 is 5.32 Å². The largest absolute Gasteiger partial charge is 0.347 e. The lowest BCUT2D eigenvalue weighted by Crippen LogP contribution is -2.33. The molecule has 4 aromatic heterocycles. The van der Waals surface area contributed by atoms with Crippen LogP contribution < -0.4 is 10.9 Å². The second-order valence-electron chi connectivity index (χ2n) is 5.38. The molecule has 26 heavy (non-hydrogen) atoms. The Hall–Kier alpha value is -3.40. The first-order valence-corrected chi connectivity index (χ1v) is 8.63. The van der Waals surface area contributed by atoms with Crippen LogP contribution >= 0.6 is 11.3 Å². The molecule has 4 rings (SSSR count). The standard InChI is InChI=1S/C16H13N7O2S/c24-15(10-22-16(25)4-1-7-18-22)17-9-14-20-19-13-6-5-11(21-23(13)14)12-3-2-8-26-12/h1-8H,9-10H2,(H,17,24). The highest BCUT2D eigenvalue weighted by atomic mass is 32.1. The maximum atomic E-state index is 12.1. The van der Waals surface area contributed by atoms with E-state index in [9.17, 15) is 9.59 Å². The van der Waals surface area contributed by atoms with E-state index in [1.165, 1.54) is 18.3 Å². The van der Waals surface area contributed by atoms with Gasteiger partial charge in [-0.25, -0.2) is 4.68 Å². The summed E-state index contributed by atoms with van der Waals surface area (Å²) in [6.45, 7) is -0.0211. The number of nitrogens with zero attached hydrogens (tertiary/aromatic N) is 6. The highest BCUT2D eigenvalue weighted by Gasteiger charge is 2.11. The van der Waals surface area contributed by atoms with Crippen LogP contribution in [0.4, 0.5) is 0 Å². The van der Waals surface area contributed by atoms with E-state index >= 15 is 0 Å². The number of carbonyl (C=O) groups is 1. The first-order valence-electron chi connectivity index (χ1n) is 7.75. The minimum absolute atomic E-state index is 0.141. The highest BCUT2D eigenvalue weighted by molar-refractivity contribution is 7.13. The summed E-state index contributed by atoms with van der Waals surface area (Å²) in [7, 11) is 0. The Labute approximate surface area is 150 Å². The van der Waals surface area contributed by atoms with Crippen LogP contribution in [-0.2, 0) is 17.9 Å². The summed E-state index contributed by atoms with van der Waals surface area (Å²) < 4.78 is 2.69. The SMILES string of the molecule is O=C(Cn1ncccc1=O)NCc1nnc2ccc(-c3cccs3)nn12. The molecule has 130 valence electrons. The minimum atomic E-state index is -0.350. The van der Waals surface area contributed by atoms with Crippen LogP contribution in [0.5, 0.6) is 0 Å². The predicted molar refractivity (Wildman–Crippen MR) is 94.4 cm³/mol. The third-order valence-electron chi connectivity index (χ3n) is 3.62. The Balaban J connectivity index is 1.50. The minimum Gasteiger partial charge on any atom is -0.347 e. The van der Waals surface area contributed by atoms with E-state index in [1.807, 2.05) is 29.6 Å². The summed E-state index contributed by atoms with van der Waals surface area (Å²) in [6, 6.07) is 10.5. The molecular weight excluding hydrogens is 354 g/mol. The number of thiophene rings is 1. The summed E-state index contributed by atoms with van der Waals surface area (Å²) in [4.78, 5) is 24.7. The molecule has 4 heterocycles. The molecule has 0 unspecified atom stereocenters. The molecule has 0 aliphatic carbocycles. The summed E-state index contributed by atoms with van der Waals surface area (Å²) in [5, 5.41) is 21.2. The molecule has 0 fully saturated rings. The van der Waals surface area contributed by atoms with Gasteiger partial charge in [-0.2, -0.15) is 14.7 Å². The molecule has 10 heteroatoms. The highest BCUT2D eigenvalue weighted by Crippen LogP contribution is 2.22. The molecule has 0 bridgehead atoms. The van der Waals surface area contributed by atoms with Crippen LogP contribution in [0.3, 0.4) is 0 Å². The molecule has 9 nitrogen and oxygen atoms in total. The molecule has 1 N–H and O–H groups in total. The fraction of sp³-hybridized carbons (Fsp3) is 0.125. The normalized spacial score (nSPS) is 10.9. The monoisotopic (exact) mass is 367 g/mol. The van der Waals surface area contributed by atoms with E-state index < -0.39 is 0 Å². The molecule has 0 saturated carbocycles. The third kappa shape index (κ3) is 3.22. The van der Waals surface area contributed by atoms with Crippen LogP contribution in [0.2, 0.25) is 0 Å². The third-order valence-corrected chi connectivity index (χ3v) is 4.52. The van der Waals surface area contributed by atoms with Crippen molar-refractivity contribution in [2.75, 3.05) is 0 Å². The average molecular weight is 367 g/mol. The zero-order valence-electron chi connectivity index (χ0n) is 13.4. The molecule has 0 aromatic carbocycles. The van der Waals surface area contributed by atoms with Crippen molar-refractivity contribution in [1.29, 1.82) is 0 Å². The van der Waals surface area contributed by atoms with Gasteiger partial charge in [-0.1, -0.05) is 6.07 Å². The van der Waals surface area contributed by atoms with Crippen molar-refractivity contribution in [3.63, 3.8) is 0 Å². The molecule has 0 radical (unpaired) electrons. The number of hydrogen-bond acceptors (Lipinski definition) is 7. The lowest BCUT2D eigenvalue weighted by molar-refractivity contribution is -0.122. The quantitative estimate of drug-likeness (QED) is 0.557. The zero-order valence-corrected chi connectivity index (χ0v) is 14.3. The number of amides is 1. The van der Waals surface area contributed by atoms with Gasteiger partial charge in [0.25, 0.3) is 5.56 Å². The molecule has 0 aliphatic rings. The smallest absolute Gasteiger partial charge is 0.267 e. The van der Waals surface area contributed by atoms with Crippen molar-refractivity contribution in [1.82, 2.24) is 34.9 Å². The van der Waals surface area contributed by atoms with E-state index in [1.54, 1.807) is 15.9 Å². The van der Waals surface area contributed by atoms with Crippen LogP contribution in [0.25, 0.3) is 16.2 Å². The van der Waals surface area contributed by atoms with Gasteiger partial charge in [-0.05, 0) is 29.6 Å². The van der Waals surface area contributed by atoms with Gasteiger partial charge in [-0.15, -0.1) is 21.5 Å². The van der Waals surface area contributed by atoms with Crippen LogP contribution in [0, 0.1) is 0 Å². The van der Waals surface area contributed by atoms with Crippen LogP contribution in [0.15, 0.2) is 52.8 Å². The topological polar surface area (TPSA) is 107 Å². The van der Waals surface area contributed by atoms with E-state index in [2.05, 4.69) is 25.7 Å². The van der Waals surface area contributed by atoms with Crippen molar-refractivity contribution in [3.05, 3.63) is 64.2 Å². The number of hydrogen-bond donors (Lipinski definition) is 1. The number of rotatable bonds is 5. The van der Waals surface area contributed by atoms with Gasteiger partial charge >= 0.3 is 0 Å². The van der Waals surface area contributed by atoms with Crippen molar-refractivity contribution in [3.8, 4) is 10.6 Å². The molecule has 0 atom stereocenters. The Kier molecular flexibility index (Phi) is 4.23. The van der Waals surface area contributed by atoms with Crippen molar-refractivity contribution >= 4 is 22.9 Å². The average Bonchev–Trinajstić information content (AvgIpc) is 3.31. The zero-order chi connectivity index (χ0) is 17.9. The number of aromatic nitrogens is 6. The van der Waals surface area contributed by atoms with Crippen molar-refractivity contribution in [2.24, 2.45) is 0 Å². The lowest BCUT2D eigenvalue weighted by atomic mass is 10.3. The molecule has 1 amide bonds. The first kappa shape index (κ1) is 16.1. The number of fused-ring (bicyclic) bond motifs is 1. The van der Waals surface area contributed by atoms with Crippen molar-refractivity contribution < 1.29 is 4.79 Å². The maximum absolute atomic E-state index is 12.1. The first-order chi connectivity index (χ1) is 12.7. The van der Waals surface area contributed by atoms with Crippen LogP contribution in [0.1, 0.15) is 5.82 Å². The Morgan fingerprint density at radius 3 is 2.88 bits per heavy atom. The molecule has 0 aliphatic heterocycles. The molecule has 4 aromatic rings. The fourth-order valence-corrected chi connectivity index (χ4v) is 3.07. The molecular formula is C16H13N7O2S. The molecule has 0 spiro atoms. The van der Waals surface area contributed by atoms with E-state index in [-0.39, 0.29) is 24.6 Å². The summed E-state index contributed by atoms with van der Waals surface area (Å²) in [5.41, 5.74) is 1.06. The summed E-state index contributed by atoms with van der Waals surface area (Å²) >= 11 is 1.59. The second kappa shape index (κ2) is 6.84. The van der Waals surface area contributed by atoms with Gasteiger partial charge in [-0.3, -0.25) is 9.59 Å². The van der Waals surface area contributed by atoms with Gasteiger partial charge in [0.1, 0.15) is 12.2 Å². The van der Waals surface area contributed by atoms with E-state index in [0.717, 1.165) is 15.3 Å². The predicted octanol–water partition coefficient (Wildman–Crippen LogP) is 0.726. The Bertz CT molecular complexity index is 1120. The van der Waals surface area contributed by atoms with Gasteiger partial charge in [0.05, 0.1) is 11.4 Å². The Morgan fingerprint density at radius 1 is 1.15 bits per heavy atom. The van der Waals surface area contributed by atoms with E-state index in [0.29, 0.717) is 11.5 Å². The van der Waals surface area contributed by atoms with Gasteiger partial charge in [0, 0.05) is 12.3 Å². The Morgan fingerprint density at radius 2 is 2.08 bits per heavy atom. The lowest BCUT2D eigenvalue weighted by Gasteiger charge is -2.05. The molecule has 0 saturated heterocycles. The number of nitrogens with one attached hydrogen (secondary N) is 1. The van der Waals surface area contributed by atoms with E-state index in [4.69, 9.17) is 0 Å². The summed E-state index contributed by atoms with van der Waals surface area (Å²) in [6.07, 6.45) is 1.46. The summed E-state index contributed by atoms with van der Waals surface area (Å²) in [5.74, 6) is 0.150. The van der Waals surface area contributed by atoms with Gasteiger partial charge in [0.2, 0.25) is 5.91 Å². The van der Waals surface area contributed by atoms with Crippen LogP contribution in [-0.4, -0.2) is 35.5 Å². The maximum Gasteiger partial charge on any atom is 0.267 e. The fourth-order valence-electron chi connectivity index (χ4n) is 2.37. The van der Waals surface area contributed by atoms with Crippen molar-refractivity contribution in [2.45, 2.75) is 13.1 Å². The number of carbonyl (C=O) groups excluding carboxylic acids is 1. The second-order valence-corrected chi connectivity index (χ2v) is 6.33.